The van der Waals surface area contributed by atoms with Gasteiger partial charge in [0.2, 0.25) is 0 Å². The Morgan fingerprint density at radius 2 is 2.08 bits per heavy atom. The Balaban J connectivity index is 2.19. The zero-order valence-corrected chi connectivity index (χ0v) is 7.74. The smallest absolute Gasteiger partial charge is 0.410 e. The Hall–Kier alpha value is -0.770. The highest BCUT2D eigenvalue weighted by Gasteiger charge is 2.31. The summed E-state index contributed by atoms with van der Waals surface area (Å²) < 4.78 is 10.0. The van der Waals surface area contributed by atoms with Crippen LogP contribution in [0.25, 0.3) is 0 Å². The highest BCUT2D eigenvalue weighted by molar-refractivity contribution is 5.68. The van der Waals surface area contributed by atoms with Crippen LogP contribution >= 0.6 is 0 Å². The number of likely N-dealkylation sites (tertiary alicyclic amines) is 1. The molecule has 70 valence electrons. The first kappa shape index (κ1) is 9.32. The molecule has 12 heavy (non-hydrogen) atoms. The molecule has 1 heterocycles. The fraction of sp³-hybridized carbons (Fsp3) is 0.875. The van der Waals surface area contributed by atoms with Gasteiger partial charge in [0.1, 0.15) is 0 Å². The monoisotopic (exact) mass is 173 g/mol. The van der Waals surface area contributed by atoms with E-state index in [2.05, 4.69) is 0 Å². The summed E-state index contributed by atoms with van der Waals surface area (Å²) in [4.78, 5) is 12.8. The van der Waals surface area contributed by atoms with Crippen LogP contribution in [-0.4, -0.2) is 43.4 Å². The number of rotatable bonds is 2. The minimum Gasteiger partial charge on any atom is -0.447 e. The van der Waals surface area contributed by atoms with Crippen LogP contribution in [0.15, 0.2) is 0 Å². The molecule has 1 fully saturated rings. The summed E-state index contributed by atoms with van der Waals surface area (Å²) in [5, 5.41) is 0. The van der Waals surface area contributed by atoms with Crippen LogP contribution in [0, 0.1) is 0 Å². The largest absolute Gasteiger partial charge is 0.447 e. The quantitative estimate of drug-likeness (QED) is 0.621. The van der Waals surface area contributed by atoms with Crippen molar-refractivity contribution in [2.75, 3.05) is 20.2 Å². The minimum absolute atomic E-state index is 0.0425. The molecule has 1 rings (SSSR count). The lowest BCUT2D eigenvalue weighted by Gasteiger charge is -2.37. The molecule has 0 saturated carbocycles. The molecule has 0 unspecified atom stereocenters. The van der Waals surface area contributed by atoms with Gasteiger partial charge in [0, 0.05) is 7.11 Å². The van der Waals surface area contributed by atoms with Crippen LogP contribution < -0.4 is 0 Å². The number of ether oxygens (including phenoxy) is 2. The molecule has 0 aromatic rings. The van der Waals surface area contributed by atoms with E-state index in [4.69, 9.17) is 9.47 Å². The summed E-state index contributed by atoms with van der Waals surface area (Å²) >= 11 is 0. The highest BCUT2D eigenvalue weighted by Crippen LogP contribution is 2.12. The Kier molecular flexibility index (Phi) is 2.92. The van der Waals surface area contributed by atoms with Gasteiger partial charge in [-0.1, -0.05) is 0 Å². The third-order valence-corrected chi connectivity index (χ3v) is 1.78. The van der Waals surface area contributed by atoms with Gasteiger partial charge in [-0.3, -0.25) is 0 Å². The average molecular weight is 173 g/mol. The van der Waals surface area contributed by atoms with E-state index in [9.17, 15) is 4.79 Å². The van der Waals surface area contributed by atoms with Crippen molar-refractivity contribution in [2.24, 2.45) is 0 Å². The topological polar surface area (TPSA) is 38.8 Å². The zero-order valence-electron chi connectivity index (χ0n) is 7.74. The Morgan fingerprint density at radius 1 is 1.50 bits per heavy atom. The number of hydrogen-bond acceptors (Lipinski definition) is 3. The van der Waals surface area contributed by atoms with Crippen molar-refractivity contribution in [2.45, 2.75) is 26.1 Å². The fourth-order valence-corrected chi connectivity index (χ4v) is 1.01. The van der Waals surface area contributed by atoms with Gasteiger partial charge >= 0.3 is 6.09 Å². The number of hydrogen-bond donors (Lipinski definition) is 0. The maximum absolute atomic E-state index is 11.1. The van der Waals surface area contributed by atoms with Crippen LogP contribution in [0.5, 0.6) is 0 Å². The second kappa shape index (κ2) is 3.76. The van der Waals surface area contributed by atoms with Gasteiger partial charge in [-0.05, 0) is 13.8 Å². The summed E-state index contributed by atoms with van der Waals surface area (Å²) in [5.74, 6) is 0. The molecule has 0 aromatic carbocycles. The molecule has 0 N–H and O–H groups in total. The Bertz CT molecular complexity index is 164. The number of carbonyl (C=O) groups excluding carboxylic acids is 1. The van der Waals surface area contributed by atoms with E-state index in [0.29, 0.717) is 13.1 Å². The van der Waals surface area contributed by atoms with Gasteiger partial charge in [-0.15, -0.1) is 0 Å². The van der Waals surface area contributed by atoms with Crippen molar-refractivity contribution >= 4 is 6.09 Å². The summed E-state index contributed by atoms with van der Waals surface area (Å²) in [6.07, 6.45) is -0.0814. The molecule has 0 atom stereocenters. The second-order valence-electron chi connectivity index (χ2n) is 3.20. The first-order valence-electron chi connectivity index (χ1n) is 4.12. The predicted octanol–water partition coefficient (Wildman–Crippen LogP) is 0.862. The first-order valence-corrected chi connectivity index (χ1v) is 4.12. The van der Waals surface area contributed by atoms with Crippen molar-refractivity contribution in [3.63, 3.8) is 0 Å². The van der Waals surface area contributed by atoms with E-state index in [1.165, 1.54) is 0 Å². The molecule has 0 aromatic heterocycles. The van der Waals surface area contributed by atoms with Gasteiger partial charge in [0.05, 0.1) is 25.3 Å². The SMILES string of the molecule is COC1CN(C(=O)OC(C)C)C1. The van der Waals surface area contributed by atoms with Crippen molar-refractivity contribution in [3.8, 4) is 0 Å². The van der Waals surface area contributed by atoms with E-state index in [-0.39, 0.29) is 18.3 Å². The normalized spacial score (nSPS) is 17.8. The molecule has 0 bridgehead atoms. The predicted molar refractivity (Wildman–Crippen MR) is 44.0 cm³/mol. The van der Waals surface area contributed by atoms with Crippen molar-refractivity contribution in [1.82, 2.24) is 4.90 Å². The molecule has 0 aliphatic carbocycles. The summed E-state index contributed by atoms with van der Waals surface area (Å²) in [6, 6.07) is 0. The highest BCUT2D eigenvalue weighted by atomic mass is 16.6. The standard InChI is InChI=1S/C8H15NO3/c1-6(2)12-8(10)9-4-7(5-9)11-3/h6-7H,4-5H2,1-3H3. The summed E-state index contributed by atoms with van der Waals surface area (Å²) in [5.41, 5.74) is 0. The molecule has 0 spiro atoms. The molecule has 4 heteroatoms. The number of methoxy groups -OCH3 is 1. The molecule has 0 radical (unpaired) electrons. The third kappa shape index (κ3) is 2.11. The van der Waals surface area contributed by atoms with Crippen LogP contribution in [0.1, 0.15) is 13.8 Å². The van der Waals surface area contributed by atoms with Crippen LogP contribution in [0.2, 0.25) is 0 Å². The molecule has 1 saturated heterocycles. The van der Waals surface area contributed by atoms with Crippen molar-refractivity contribution in [1.29, 1.82) is 0 Å². The lowest BCUT2D eigenvalue weighted by Crippen LogP contribution is -2.54. The molecule has 1 aliphatic heterocycles. The maximum atomic E-state index is 11.1. The lowest BCUT2D eigenvalue weighted by atomic mass is 10.2. The number of nitrogens with zero attached hydrogens (tertiary/aromatic N) is 1. The van der Waals surface area contributed by atoms with E-state index in [1.807, 2.05) is 13.8 Å². The second-order valence-corrected chi connectivity index (χ2v) is 3.20. The first-order chi connectivity index (χ1) is 5.63. The fourth-order valence-electron chi connectivity index (χ4n) is 1.01. The van der Waals surface area contributed by atoms with Gasteiger partial charge in [-0.25, -0.2) is 4.79 Å². The van der Waals surface area contributed by atoms with Gasteiger partial charge in [-0.2, -0.15) is 0 Å². The molecule has 1 aliphatic rings. The van der Waals surface area contributed by atoms with Crippen LogP contribution in [0.4, 0.5) is 4.79 Å². The molecule has 1 amide bonds. The minimum atomic E-state index is -0.238. The van der Waals surface area contributed by atoms with E-state index >= 15 is 0 Å². The molecular formula is C8H15NO3. The van der Waals surface area contributed by atoms with Gasteiger partial charge in [0.25, 0.3) is 0 Å². The van der Waals surface area contributed by atoms with Gasteiger partial charge in [0.15, 0.2) is 0 Å². The van der Waals surface area contributed by atoms with E-state index in [1.54, 1.807) is 12.0 Å². The van der Waals surface area contributed by atoms with E-state index < -0.39 is 0 Å². The number of amides is 1. The summed E-state index contributed by atoms with van der Waals surface area (Å²) in [6.45, 7) is 4.99. The van der Waals surface area contributed by atoms with Crippen molar-refractivity contribution < 1.29 is 14.3 Å². The zero-order chi connectivity index (χ0) is 9.14. The third-order valence-electron chi connectivity index (χ3n) is 1.78. The molecule has 4 nitrogen and oxygen atoms in total. The van der Waals surface area contributed by atoms with Crippen LogP contribution in [0.3, 0.4) is 0 Å². The number of carbonyl (C=O) groups is 1. The Morgan fingerprint density at radius 3 is 2.50 bits per heavy atom. The summed E-state index contributed by atoms with van der Waals surface area (Å²) in [7, 11) is 1.65. The van der Waals surface area contributed by atoms with E-state index in [0.717, 1.165) is 0 Å². The Labute approximate surface area is 72.4 Å². The molecular weight excluding hydrogens is 158 g/mol. The van der Waals surface area contributed by atoms with Crippen LogP contribution in [-0.2, 0) is 9.47 Å². The van der Waals surface area contributed by atoms with Crippen molar-refractivity contribution in [3.05, 3.63) is 0 Å². The maximum Gasteiger partial charge on any atom is 0.410 e. The van der Waals surface area contributed by atoms with Gasteiger partial charge < -0.3 is 14.4 Å². The lowest BCUT2D eigenvalue weighted by molar-refractivity contribution is -0.0325. The average Bonchev–Trinajstić information content (AvgIpc) is 1.82.